The quantitative estimate of drug-likeness (QED) is 0.931. The van der Waals surface area contributed by atoms with Gasteiger partial charge >= 0.3 is 5.97 Å². The molecule has 0 aliphatic carbocycles. The van der Waals surface area contributed by atoms with Gasteiger partial charge in [0.05, 0.1) is 18.9 Å². The third-order valence-corrected chi connectivity index (χ3v) is 5.42. The van der Waals surface area contributed by atoms with E-state index >= 15 is 0 Å². The van der Waals surface area contributed by atoms with Crippen molar-refractivity contribution in [2.24, 2.45) is 0 Å². The molecule has 1 aromatic carbocycles. The van der Waals surface area contributed by atoms with Crippen LogP contribution in [-0.4, -0.2) is 47.3 Å². The SMILES string of the molecule is Cc1nc(-c2ccc([C@H](C)N3CCOCC3)cc2)sc1C(=O)O. The molecule has 1 atom stereocenters. The highest BCUT2D eigenvalue weighted by molar-refractivity contribution is 7.17. The number of carbonyl (C=O) groups is 1. The standard InChI is InChI=1S/C17H20N2O3S/c1-11-15(17(20)21)23-16(18-11)14-5-3-13(4-6-14)12(2)19-7-9-22-10-8-19/h3-6,12H,7-10H2,1-2H3,(H,20,21)/t12-/m0/s1. The summed E-state index contributed by atoms with van der Waals surface area (Å²) in [5.74, 6) is -0.913. The first-order valence-corrected chi connectivity index (χ1v) is 8.51. The Hall–Kier alpha value is -1.76. The maximum atomic E-state index is 11.1. The molecule has 6 heteroatoms. The highest BCUT2D eigenvalue weighted by Gasteiger charge is 2.19. The van der Waals surface area contributed by atoms with E-state index in [2.05, 4.69) is 28.9 Å². The van der Waals surface area contributed by atoms with Crippen LogP contribution in [0.1, 0.15) is 33.9 Å². The predicted molar refractivity (Wildman–Crippen MR) is 90.1 cm³/mol. The fourth-order valence-corrected chi connectivity index (χ4v) is 3.71. The highest BCUT2D eigenvalue weighted by atomic mass is 32.1. The lowest BCUT2D eigenvalue weighted by Crippen LogP contribution is -2.37. The van der Waals surface area contributed by atoms with Crippen molar-refractivity contribution >= 4 is 17.3 Å². The van der Waals surface area contributed by atoms with Gasteiger partial charge in [0, 0.05) is 24.7 Å². The number of aryl methyl sites for hydroxylation is 1. The van der Waals surface area contributed by atoms with Crippen molar-refractivity contribution in [2.75, 3.05) is 26.3 Å². The topological polar surface area (TPSA) is 62.7 Å². The molecule has 0 saturated carbocycles. The van der Waals surface area contributed by atoms with Crippen LogP contribution in [0.4, 0.5) is 0 Å². The van der Waals surface area contributed by atoms with E-state index in [0.29, 0.717) is 16.6 Å². The number of morpholine rings is 1. The van der Waals surface area contributed by atoms with Crippen LogP contribution in [-0.2, 0) is 4.74 Å². The molecule has 1 N–H and O–H groups in total. The minimum atomic E-state index is -0.913. The number of hydrogen-bond acceptors (Lipinski definition) is 5. The number of rotatable bonds is 4. The molecule has 1 aliphatic heterocycles. The number of hydrogen-bond donors (Lipinski definition) is 1. The number of benzene rings is 1. The molecule has 1 fully saturated rings. The van der Waals surface area contributed by atoms with E-state index in [9.17, 15) is 4.79 Å². The van der Waals surface area contributed by atoms with Crippen LogP contribution >= 0.6 is 11.3 Å². The molecular weight excluding hydrogens is 312 g/mol. The summed E-state index contributed by atoms with van der Waals surface area (Å²) in [6.07, 6.45) is 0. The van der Waals surface area contributed by atoms with Crippen LogP contribution in [0.25, 0.3) is 10.6 Å². The van der Waals surface area contributed by atoms with Gasteiger partial charge in [-0.1, -0.05) is 24.3 Å². The second kappa shape index (κ2) is 6.78. The summed E-state index contributed by atoms with van der Waals surface area (Å²) in [4.78, 5) is 18.2. The first-order valence-electron chi connectivity index (χ1n) is 7.69. The summed E-state index contributed by atoms with van der Waals surface area (Å²) < 4.78 is 5.40. The molecule has 1 saturated heterocycles. The van der Waals surface area contributed by atoms with Crippen LogP contribution in [0.5, 0.6) is 0 Å². The first kappa shape index (κ1) is 16.1. The number of aromatic carboxylic acids is 1. The normalized spacial score (nSPS) is 17.1. The lowest BCUT2D eigenvalue weighted by Gasteiger charge is -2.32. The highest BCUT2D eigenvalue weighted by Crippen LogP contribution is 2.30. The van der Waals surface area contributed by atoms with Gasteiger partial charge in [-0.15, -0.1) is 11.3 Å². The maximum Gasteiger partial charge on any atom is 0.347 e. The van der Waals surface area contributed by atoms with Crippen molar-refractivity contribution in [2.45, 2.75) is 19.9 Å². The van der Waals surface area contributed by atoms with Gasteiger partial charge in [0.1, 0.15) is 9.88 Å². The van der Waals surface area contributed by atoms with Crippen LogP contribution < -0.4 is 0 Å². The molecule has 0 radical (unpaired) electrons. The van der Waals surface area contributed by atoms with E-state index < -0.39 is 5.97 Å². The second-order valence-electron chi connectivity index (χ2n) is 5.69. The molecule has 0 unspecified atom stereocenters. The van der Waals surface area contributed by atoms with Crippen molar-refractivity contribution in [1.29, 1.82) is 0 Å². The molecule has 23 heavy (non-hydrogen) atoms. The van der Waals surface area contributed by atoms with Crippen LogP contribution in [0.2, 0.25) is 0 Å². The average molecular weight is 332 g/mol. The fourth-order valence-electron chi connectivity index (χ4n) is 2.80. The predicted octanol–water partition coefficient (Wildman–Crippen LogP) is 3.21. The number of aromatic nitrogens is 1. The summed E-state index contributed by atoms with van der Waals surface area (Å²) in [5.41, 5.74) is 2.79. The summed E-state index contributed by atoms with van der Waals surface area (Å²) in [7, 11) is 0. The Bertz CT molecular complexity index is 690. The zero-order chi connectivity index (χ0) is 16.4. The molecule has 2 aromatic rings. The number of ether oxygens (including phenoxy) is 1. The Balaban J connectivity index is 1.79. The van der Waals surface area contributed by atoms with Gasteiger partial charge in [-0.05, 0) is 19.4 Å². The van der Waals surface area contributed by atoms with Crippen molar-refractivity contribution < 1.29 is 14.6 Å². The molecule has 5 nitrogen and oxygen atoms in total. The van der Waals surface area contributed by atoms with Gasteiger partial charge in [-0.25, -0.2) is 9.78 Å². The smallest absolute Gasteiger partial charge is 0.347 e. The van der Waals surface area contributed by atoms with Crippen LogP contribution in [0.3, 0.4) is 0 Å². The minimum Gasteiger partial charge on any atom is -0.477 e. The van der Waals surface area contributed by atoms with Gasteiger partial charge in [0.2, 0.25) is 0 Å². The second-order valence-corrected chi connectivity index (χ2v) is 6.68. The molecule has 3 rings (SSSR count). The maximum absolute atomic E-state index is 11.1. The van der Waals surface area contributed by atoms with Gasteiger partial charge in [0.25, 0.3) is 0 Å². The Morgan fingerprint density at radius 3 is 2.52 bits per heavy atom. The minimum absolute atomic E-state index is 0.311. The van der Waals surface area contributed by atoms with E-state index in [1.807, 2.05) is 12.1 Å². The van der Waals surface area contributed by atoms with Gasteiger partial charge < -0.3 is 9.84 Å². The van der Waals surface area contributed by atoms with E-state index in [-0.39, 0.29) is 0 Å². The van der Waals surface area contributed by atoms with E-state index in [0.717, 1.165) is 36.9 Å². The lowest BCUT2D eigenvalue weighted by molar-refractivity contribution is 0.0198. The molecule has 0 bridgehead atoms. The fraction of sp³-hybridized carbons (Fsp3) is 0.412. The zero-order valence-electron chi connectivity index (χ0n) is 13.3. The van der Waals surface area contributed by atoms with Gasteiger partial charge in [-0.3, -0.25) is 4.90 Å². The molecule has 1 aliphatic rings. The monoisotopic (exact) mass is 332 g/mol. The third-order valence-electron chi connectivity index (χ3n) is 4.22. The number of nitrogens with zero attached hydrogens (tertiary/aromatic N) is 2. The Morgan fingerprint density at radius 2 is 1.96 bits per heavy atom. The Kier molecular flexibility index (Phi) is 4.75. The van der Waals surface area contributed by atoms with Crippen LogP contribution in [0.15, 0.2) is 24.3 Å². The molecule has 0 spiro atoms. The summed E-state index contributed by atoms with van der Waals surface area (Å²) in [6.45, 7) is 7.43. The molecular formula is C17H20N2O3S. The Morgan fingerprint density at radius 1 is 1.30 bits per heavy atom. The third kappa shape index (κ3) is 3.44. The molecule has 1 aromatic heterocycles. The number of thiazole rings is 1. The van der Waals surface area contributed by atoms with Gasteiger partial charge in [0.15, 0.2) is 0 Å². The number of carboxylic acids is 1. The zero-order valence-corrected chi connectivity index (χ0v) is 14.1. The largest absolute Gasteiger partial charge is 0.477 e. The summed E-state index contributed by atoms with van der Waals surface area (Å²) in [6, 6.07) is 8.60. The van der Waals surface area contributed by atoms with Crippen molar-refractivity contribution in [1.82, 2.24) is 9.88 Å². The van der Waals surface area contributed by atoms with Gasteiger partial charge in [-0.2, -0.15) is 0 Å². The van der Waals surface area contributed by atoms with Crippen molar-refractivity contribution in [3.63, 3.8) is 0 Å². The summed E-state index contributed by atoms with van der Waals surface area (Å²) in [5, 5.41) is 9.90. The Labute approximate surface area is 139 Å². The molecule has 2 heterocycles. The molecule has 122 valence electrons. The molecule has 0 amide bonds. The summed E-state index contributed by atoms with van der Waals surface area (Å²) >= 11 is 1.23. The first-order chi connectivity index (χ1) is 11.1. The lowest BCUT2D eigenvalue weighted by atomic mass is 10.0. The van der Waals surface area contributed by atoms with E-state index in [4.69, 9.17) is 9.84 Å². The van der Waals surface area contributed by atoms with Crippen molar-refractivity contribution in [3.05, 3.63) is 40.4 Å². The number of carboxylic acid groups (broad SMARTS) is 1. The van der Waals surface area contributed by atoms with E-state index in [1.165, 1.54) is 16.9 Å². The van der Waals surface area contributed by atoms with Crippen molar-refractivity contribution in [3.8, 4) is 10.6 Å². The van der Waals surface area contributed by atoms with E-state index in [1.54, 1.807) is 6.92 Å². The van der Waals surface area contributed by atoms with Crippen LogP contribution in [0, 0.1) is 6.92 Å². The average Bonchev–Trinajstić information content (AvgIpc) is 2.97.